The van der Waals surface area contributed by atoms with Crippen molar-refractivity contribution in [2.45, 2.75) is 23.9 Å². The number of ether oxygens (including phenoxy) is 2. The van der Waals surface area contributed by atoms with Crippen LogP contribution >= 0.6 is 23.1 Å². The maximum absolute atomic E-state index is 13.3. The topological polar surface area (TPSA) is 90.7 Å². The van der Waals surface area contributed by atoms with E-state index in [4.69, 9.17) is 13.9 Å². The van der Waals surface area contributed by atoms with E-state index < -0.39 is 5.91 Å². The quantitative estimate of drug-likeness (QED) is 0.289. The Kier molecular flexibility index (Phi) is 5.36. The maximum atomic E-state index is 13.3. The third kappa shape index (κ3) is 3.85. The molecule has 0 unspecified atom stereocenters. The molecule has 2 aromatic heterocycles. The van der Waals surface area contributed by atoms with Crippen molar-refractivity contribution in [3.63, 3.8) is 0 Å². The van der Waals surface area contributed by atoms with E-state index in [2.05, 4.69) is 10.3 Å². The predicted molar refractivity (Wildman–Crippen MR) is 123 cm³/mol. The van der Waals surface area contributed by atoms with E-state index in [0.29, 0.717) is 34.1 Å². The molecule has 9 heteroatoms. The molecule has 1 N–H and O–H groups in total. The number of thioether (sulfide) groups is 1. The first-order valence-electron chi connectivity index (χ1n) is 9.81. The predicted octanol–water partition coefficient (Wildman–Crippen LogP) is 5.67. The fraction of sp³-hybridized carbons (Fsp3) is 0.174. The molecule has 162 valence electrons. The smallest absolute Gasteiger partial charge is 0.291 e. The molecule has 0 radical (unpaired) electrons. The van der Waals surface area contributed by atoms with E-state index in [0.717, 1.165) is 21.0 Å². The van der Waals surface area contributed by atoms with Gasteiger partial charge < -0.3 is 19.2 Å². The summed E-state index contributed by atoms with van der Waals surface area (Å²) in [4.78, 5) is 29.9. The van der Waals surface area contributed by atoms with Crippen molar-refractivity contribution in [3.05, 3.63) is 64.4 Å². The number of aromatic nitrogens is 1. The third-order valence-corrected chi connectivity index (χ3v) is 7.15. The van der Waals surface area contributed by atoms with Gasteiger partial charge in [0.1, 0.15) is 9.92 Å². The highest BCUT2D eigenvalue weighted by Gasteiger charge is 2.25. The summed E-state index contributed by atoms with van der Waals surface area (Å²) in [6.45, 7) is 3.46. The van der Waals surface area contributed by atoms with Crippen LogP contribution in [-0.2, 0) is 5.75 Å². The number of Topliss-reactive ketones (excluding diaryl/α,β-unsaturated/α-hetero) is 1. The lowest BCUT2D eigenvalue weighted by atomic mass is 10.1. The Bertz CT molecular complexity index is 1360. The summed E-state index contributed by atoms with van der Waals surface area (Å²) < 4.78 is 17.6. The number of furan rings is 1. The second kappa shape index (κ2) is 8.33. The van der Waals surface area contributed by atoms with Crippen LogP contribution in [0.25, 0.3) is 11.0 Å². The molecule has 0 bridgehead atoms. The van der Waals surface area contributed by atoms with Crippen molar-refractivity contribution in [2.24, 2.45) is 0 Å². The first kappa shape index (κ1) is 20.6. The number of hydrogen-bond acceptors (Lipinski definition) is 8. The average molecular weight is 467 g/mol. The molecule has 2 aromatic carbocycles. The largest absolute Gasteiger partial charge is 0.454 e. The lowest BCUT2D eigenvalue weighted by molar-refractivity contribution is 0.0998. The Morgan fingerprint density at radius 2 is 1.97 bits per heavy atom. The number of thiazole rings is 1. The third-order valence-electron chi connectivity index (χ3n) is 4.98. The number of amides is 1. The number of benzene rings is 2. The van der Waals surface area contributed by atoms with Gasteiger partial charge in [0, 0.05) is 39.4 Å². The Morgan fingerprint density at radius 3 is 2.72 bits per heavy atom. The molecule has 5 rings (SSSR count). The van der Waals surface area contributed by atoms with Gasteiger partial charge in [0.2, 0.25) is 6.79 Å². The summed E-state index contributed by atoms with van der Waals surface area (Å²) in [6, 6.07) is 10.7. The molecule has 1 amide bonds. The van der Waals surface area contributed by atoms with Crippen LogP contribution in [0, 0.1) is 6.92 Å². The van der Waals surface area contributed by atoms with E-state index in [9.17, 15) is 9.59 Å². The van der Waals surface area contributed by atoms with Gasteiger partial charge in [-0.05, 0) is 26.0 Å². The number of aryl methyl sites for hydroxylation is 1. The summed E-state index contributed by atoms with van der Waals surface area (Å²) in [5, 5.41) is 5.69. The zero-order valence-corrected chi connectivity index (χ0v) is 18.9. The number of rotatable bonds is 6. The minimum Gasteiger partial charge on any atom is -0.454 e. The molecule has 32 heavy (non-hydrogen) atoms. The van der Waals surface area contributed by atoms with E-state index in [1.165, 1.54) is 6.92 Å². The van der Waals surface area contributed by atoms with Gasteiger partial charge in [0.25, 0.3) is 5.91 Å². The number of nitrogens with one attached hydrogen (secondary N) is 1. The Labute approximate surface area is 191 Å². The van der Waals surface area contributed by atoms with Gasteiger partial charge in [-0.15, -0.1) is 11.3 Å². The Hall–Kier alpha value is -3.30. The number of hydrogen-bond donors (Lipinski definition) is 1. The molecule has 1 aliphatic rings. The van der Waals surface area contributed by atoms with Gasteiger partial charge >= 0.3 is 0 Å². The number of carbonyl (C=O) groups excluding carboxylic acids is 2. The van der Waals surface area contributed by atoms with Crippen LogP contribution in [0.3, 0.4) is 0 Å². The van der Waals surface area contributed by atoms with Crippen LogP contribution in [0.2, 0.25) is 0 Å². The molecule has 7 nitrogen and oxygen atoms in total. The lowest BCUT2D eigenvalue weighted by Crippen LogP contribution is -2.15. The van der Waals surface area contributed by atoms with Crippen molar-refractivity contribution in [2.75, 3.05) is 12.1 Å². The molecule has 0 spiro atoms. The highest BCUT2D eigenvalue weighted by atomic mass is 32.2. The van der Waals surface area contributed by atoms with Crippen LogP contribution in [-0.4, -0.2) is 23.5 Å². The van der Waals surface area contributed by atoms with E-state index in [-0.39, 0.29) is 18.3 Å². The molecule has 4 aromatic rings. The number of fused-ring (bicyclic) bond motifs is 2. The Balaban J connectivity index is 1.49. The van der Waals surface area contributed by atoms with E-state index in [1.807, 2.05) is 36.6 Å². The van der Waals surface area contributed by atoms with Gasteiger partial charge in [-0.3, -0.25) is 9.59 Å². The van der Waals surface area contributed by atoms with Crippen molar-refractivity contribution >= 4 is 51.4 Å². The highest BCUT2D eigenvalue weighted by Crippen LogP contribution is 2.38. The second-order valence-corrected chi connectivity index (χ2v) is 9.29. The fourth-order valence-corrected chi connectivity index (χ4v) is 5.35. The Morgan fingerprint density at radius 1 is 1.19 bits per heavy atom. The van der Waals surface area contributed by atoms with Crippen molar-refractivity contribution in [1.29, 1.82) is 0 Å². The number of para-hydroxylation sites is 1. The van der Waals surface area contributed by atoms with E-state index >= 15 is 0 Å². The van der Waals surface area contributed by atoms with Crippen LogP contribution in [0.4, 0.5) is 5.69 Å². The molecule has 3 heterocycles. The van der Waals surface area contributed by atoms with Crippen LogP contribution in [0.15, 0.2) is 50.5 Å². The molecule has 0 saturated heterocycles. The molecular formula is C23H18N2O5S2. The van der Waals surface area contributed by atoms with Crippen LogP contribution < -0.4 is 14.8 Å². The van der Waals surface area contributed by atoms with Gasteiger partial charge in [0.05, 0.1) is 5.69 Å². The van der Waals surface area contributed by atoms with Gasteiger partial charge in [-0.1, -0.05) is 30.0 Å². The number of anilines is 1. The normalized spacial score (nSPS) is 12.3. The minimum atomic E-state index is -0.437. The van der Waals surface area contributed by atoms with Crippen molar-refractivity contribution in [1.82, 2.24) is 4.98 Å². The maximum Gasteiger partial charge on any atom is 0.291 e. The molecule has 1 aliphatic heterocycles. The summed E-state index contributed by atoms with van der Waals surface area (Å²) in [6.07, 6.45) is 0. The number of ketones is 1. The van der Waals surface area contributed by atoms with Crippen LogP contribution in [0.1, 0.15) is 39.1 Å². The van der Waals surface area contributed by atoms with Crippen molar-refractivity contribution < 1.29 is 23.5 Å². The molecular weight excluding hydrogens is 448 g/mol. The SMILES string of the molecule is CC(=O)c1cc2c(cc1NC(=O)c1oc3ccccc3c1CSc1nc(C)cs1)OCO2. The lowest BCUT2D eigenvalue weighted by Gasteiger charge is -2.10. The minimum absolute atomic E-state index is 0.0747. The highest BCUT2D eigenvalue weighted by molar-refractivity contribution is 8.00. The number of carbonyl (C=O) groups is 2. The second-order valence-electron chi connectivity index (χ2n) is 7.21. The molecule has 0 atom stereocenters. The first-order chi connectivity index (χ1) is 15.5. The van der Waals surface area contributed by atoms with Gasteiger partial charge in [-0.25, -0.2) is 4.98 Å². The fourth-order valence-electron chi connectivity index (χ4n) is 3.47. The van der Waals surface area contributed by atoms with E-state index in [1.54, 1.807) is 35.2 Å². The number of nitrogens with zero attached hydrogens (tertiary/aromatic N) is 1. The van der Waals surface area contributed by atoms with Gasteiger partial charge in [-0.2, -0.15) is 0 Å². The summed E-state index contributed by atoms with van der Waals surface area (Å²) in [5.41, 5.74) is 3.06. The van der Waals surface area contributed by atoms with Gasteiger partial charge in [0.15, 0.2) is 23.0 Å². The zero-order chi connectivity index (χ0) is 22.2. The summed E-state index contributed by atoms with van der Waals surface area (Å²) >= 11 is 3.12. The molecule has 0 saturated carbocycles. The van der Waals surface area contributed by atoms with Crippen molar-refractivity contribution in [3.8, 4) is 11.5 Å². The average Bonchev–Trinajstić information content (AvgIpc) is 3.49. The molecule has 0 fully saturated rings. The molecule has 0 aliphatic carbocycles. The first-order valence-corrected chi connectivity index (χ1v) is 11.7. The van der Waals surface area contributed by atoms with Crippen LogP contribution in [0.5, 0.6) is 11.5 Å². The zero-order valence-electron chi connectivity index (χ0n) is 17.3. The standard InChI is InChI=1S/C23H18N2O5S2/c1-12-9-31-23(24-12)32-10-16-14-5-3-4-6-18(14)30-21(16)22(27)25-17-8-20-19(28-11-29-20)7-15(17)13(2)26/h3-9H,10-11H2,1-2H3,(H,25,27). The summed E-state index contributed by atoms with van der Waals surface area (Å²) in [7, 11) is 0. The summed E-state index contributed by atoms with van der Waals surface area (Å²) in [5.74, 6) is 1.05. The monoisotopic (exact) mass is 466 g/mol.